The van der Waals surface area contributed by atoms with Crippen molar-refractivity contribution in [1.82, 2.24) is 15.0 Å². The lowest BCUT2D eigenvalue weighted by Gasteiger charge is -2.22. The fourth-order valence-electron chi connectivity index (χ4n) is 3.53. The molecule has 29 heavy (non-hydrogen) atoms. The van der Waals surface area contributed by atoms with Crippen molar-refractivity contribution in [1.29, 1.82) is 5.41 Å². The minimum Gasteiger partial charge on any atom is -0.382 e. The Bertz CT molecular complexity index is 882. The van der Waals surface area contributed by atoms with Crippen LogP contribution >= 0.6 is 0 Å². The van der Waals surface area contributed by atoms with Gasteiger partial charge in [0.05, 0.1) is 0 Å². The summed E-state index contributed by atoms with van der Waals surface area (Å²) in [7, 11) is 0. The fraction of sp³-hybridized carbons (Fsp3) is 0.545. The lowest BCUT2D eigenvalue weighted by Crippen LogP contribution is -2.31. The Morgan fingerprint density at radius 1 is 1.41 bits per heavy atom. The molecule has 1 amide bonds. The van der Waals surface area contributed by atoms with Gasteiger partial charge in [-0.25, -0.2) is 0 Å². The van der Waals surface area contributed by atoms with Gasteiger partial charge in [0.15, 0.2) is 5.82 Å². The summed E-state index contributed by atoms with van der Waals surface area (Å²) in [5.74, 6) is 1.41. The average Bonchev–Trinajstić information content (AvgIpc) is 3.29. The van der Waals surface area contributed by atoms with Gasteiger partial charge in [0.1, 0.15) is 0 Å². The second kappa shape index (κ2) is 8.35. The highest BCUT2D eigenvalue weighted by molar-refractivity contribution is 5.87. The van der Waals surface area contributed by atoms with E-state index in [0.29, 0.717) is 24.7 Å². The van der Waals surface area contributed by atoms with E-state index < -0.39 is 0 Å². The number of nitrogens with one attached hydrogen (secondary N) is 2. The molecular formula is C22H31N5O2. The van der Waals surface area contributed by atoms with Crippen LogP contribution < -0.4 is 5.32 Å². The molecule has 1 atom stereocenters. The Morgan fingerprint density at radius 3 is 2.83 bits per heavy atom. The molecule has 7 heteroatoms. The molecule has 1 saturated heterocycles. The number of amides is 1. The molecule has 1 aliphatic heterocycles. The van der Waals surface area contributed by atoms with E-state index in [9.17, 15) is 4.79 Å². The summed E-state index contributed by atoms with van der Waals surface area (Å²) in [6.45, 7) is 11.7. The zero-order valence-electron chi connectivity index (χ0n) is 18.0. The van der Waals surface area contributed by atoms with E-state index in [1.807, 2.05) is 23.1 Å². The molecule has 0 spiro atoms. The molecule has 2 heterocycles. The summed E-state index contributed by atoms with van der Waals surface area (Å²) in [5, 5.41) is 15.1. The van der Waals surface area contributed by atoms with E-state index in [4.69, 9.17) is 9.93 Å². The normalized spacial score (nSPS) is 17.0. The summed E-state index contributed by atoms with van der Waals surface area (Å²) in [6, 6.07) is 5.94. The lowest BCUT2D eigenvalue weighted by atomic mass is 9.92. The second-order valence-electron chi connectivity index (χ2n) is 9.27. The first-order valence-corrected chi connectivity index (χ1v) is 10.2. The van der Waals surface area contributed by atoms with Gasteiger partial charge in [-0.05, 0) is 37.8 Å². The largest absolute Gasteiger partial charge is 0.382 e. The highest BCUT2D eigenvalue weighted by Gasteiger charge is 2.32. The summed E-state index contributed by atoms with van der Waals surface area (Å²) in [6.07, 6.45) is 2.72. The number of aromatic nitrogens is 2. The van der Waals surface area contributed by atoms with Crippen molar-refractivity contribution >= 4 is 17.8 Å². The van der Waals surface area contributed by atoms with Gasteiger partial charge in [0, 0.05) is 54.5 Å². The number of carbonyl (C=O) groups is 1. The molecular weight excluding hydrogens is 366 g/mol. The van der Waals surface area contributed by atoms with Crippen LogP contribution in [0.15, 0.2) is 22.7 Å². The summed E-state index contributed by atoms with van der Waals surface area (Å²) in [4.78, 5) is 19.0. The van der Waals surface area contributed by atoms with Crippen LogP contribution in [0.25, 0.3) is 11.5 Å². The van der Waals surface area contributed by atoms with Crippen molar-refractivity contribution in [3.05, 3.63) is 29.6 Å². The molecule has 1 aromatic carbocycles. The number of carbonyl (C=O) groups excluding carboxylic acids is 1. The molecule has 1 aromatic heterocycles. The SMILES string of the molecule is CC(C)Nc1cc(-c2nc(C3CCN(C(=O)CC(C)(C)C)C3)no2)ccc1C=N. The highest BCUT2D eigenvalue weighted by atomic mass is 16.5. The molecule has 3 rings (SSSR count). The van der Waals surface area contributed by atoms with Gasteiger partial charge in [0.2, 0.25) is 5.91 Å². The first kappa shape index (κ1) is 21.0. The van der Waals surface area contributed by atoms with Crippen LogP contribution in [-0.4, -0.2) is 46.3 Å². The highest BCUT2D eigenvalue weighted by Crippen LogP contribution is 2.30. The molecule has 0 saturated carbocycles. The van der Waals surface area contributed by atoms with Gasteiger partial charge in [0.25, 0.3) is 5.89 Å². The summed E-state index contributed by atoms with van der Waals surface area (Å²) >= 11 is 0. The first-order chi connectivity index (χ1) is 13.7. The van der Waals surface area contributed by atoms with Gasteiger partial charge < -0.3 is 20.1 Å². The van der Waals surface area contributed by atoms with E-state index >= 15 is 0 Å². The smallest absolute Gasteiger partial charge is 0.258 e. The van der Waals surface area contributed by atoms with Gasteiger partial charge in [-0.2, -0.15) is 4.98 Å². The molecule has 7 nitrogen and oxygen atoms in total. The third-order valence-corrected chi connectivity index (χ3v) is 4.93. The van der Waals surface area contributed by atoms with E-state index in [-0.39, 0.29) is 23.3 Å². The topological polar surface area (TPSA) is 95.1 Å². The Hall–Kier alpha value is -2.70. The van der Waals surface area contributed by atoms with E-state index in [1.54, 1.807) is 0 Å². The van der Waals surface area contributed by atoms with Crippen LogP contribution in [-0.2, 0) is 4.79 Å². The molecule has 1 fully saturated rings. The maximum Gasteiger partial charge on any atom is 0.258 e. The number of rotatable bonds is 6. The van der Waals surface area contributed by atoms with Gasteiger partial charge >= 0.3 is 0 Å². The summed E-state index contributed by atoms with van der Waals surface area (Å²) < 4.78 is 5.52. The molecule has 156 valence electrons. The molecule has 0 radical (unpaired) electrons. The van der Waals surface area contributed by atoms with E-state index in [0.717, 1.165) is 29.8 Å². The minimum absolute atomic E-state index is 0.0150. The monoisotopic (exact) mass is 397 g/mol. The Morgan fingerprint density at radius 2 is 2.17 bits per heavy atom. The predicted octanol–water partition coefficient (Wildman–Crippen LogP) is 4.31. The number of nitrogens with zero attached hydrogens (tertiary/aromatic N) is 3. The molecule has 2 N–H and O–H groups in total. The predicted molar refractivity (Wildman–Crippen MR) is 114 cm³/mol. The third kappa shape index (κ3) is 5.22. The van der Waals surface area contributed by atoms with Crippen LogP contribution in [0.5, 0.6) is 0 Å². The van der Waals surface area contributed by atoms with Crippen molar-refractivity contribution < 1.29 is 9.32 Å². The molecule has 0 aliphatic carbocycles. The van der Waals surface area contributed by atoms with Crippen LogP contribution in [0.1, 0.15) is 64.8 Å². The third-order valence-electron chi connectivity index (χ3n) is 4.93. The van der Waals surface area contributed by atoms with Crippen molar-refractivity contribution in [3.8, 4) is 11.5 Å². The number of anilines is 1. The number of benzene rings is 1. The van der Waals surface area contributed by atoms with Gasteiger partial charge in [-0.1, -0.05) is 32.0 Å². The van der Waals surface area contributed by atoms with Crippen molar-refractivity contribution in [2.45, 2.75) is 59.4 Å². The molecule has 2 aromatic rings. The average molecular weight is 398 g/mol. The van der Waals surface area contributed by atoms with Crippen LogP contribution in [0.4, 0.5) is 5.69 Å². The Labute approximate surface area is 172 Å². The quantitative estimate of drug-likeness (QED) is 0.708. The first-order valence-electron chi connectivity index (χ1n) is 10.2. The number of hydrogen-bond donors (Lipinski definition) is 2. The molecule has 1 aliphatic rings. The zero-order valence-corrected chi connectivity index (χ0v) is 18.0. The molecule has 0 bridgehead atoms. The van der Waals surface area contributed by atoms with Gasteiger partial charge in [-0.15, -0.1) is 0 Å². The fourth-order valence-corrected chi connectivity index (χ4v) is 3.53. The Kier molecular flexibility index (Phi) is 6.05. The van der Waals surface area contributed by atoms with Crippen LogP contribution in [0.3, 0.4) is 0 Å². The minimum atomic E-state index is -0.0150. The van der Waals surface area contributed by atoms with Crippen LogP contribution in [0.2, 0.25) is 0 Å². The van der Waals surface area contributed by atoms with E-state index in [2.05, 4.69) is 50.1 Å². The van der Waals surface area contributed by atoms with Crippen molar-refractivity contribution in [3.63, 3.8) is 0 Å². The second-order valence-corrected chi connectivity index (χ2v) is 9.27. The lowest BCUT2D eigenvalue weighted by molar-refractivity contribution is -0.132. The number of likely N-dealkylation sites (tertiary alicyclic amines) is 1. The summed E-state index contributed by atoms with van der Waals surface area (Å²) in [5.41, 5.74) is 2.48. The van der Waals surface area contributed by atoms with Crippen molar-refractivity contribution in [2.75, 3.05) is 18.4 Å². The maximum absolute atomic E-state index is 12.5. The van der Waals surface area contributed by atoms with Crippen LogP contribution in [0, 0.1) is 10.8 Å². The zero-order chi connectivity index (χ0) is 21.2. The van der Waals surface area contributed by atoms with E-state index in [1.165, 1.54) is 6.21 Å². The molecule has 1 unspecified atom stereocenters. The number of hydrogen-bond acceptors (Lipinski definition) is 6. The van der Waals surface area contributed by atoms with Crippen molar-refractivity contribution in [2.24, 2.45) is 5.41 Å². The van der Waals surface area contributed by atoms with Gasteiger partial charge in [-0.3, -0.25) is 4.79 Å². The maximum atomic E-state index is 12.5. The Balaban J connectivity index is 1.73. The standard InChI is InChI=1S/C22H31N5O2/c1-14(2)24-18-10-15(6-7-16(18)12-23)21-25-20(26-29-21)17-8-9-27(13-17)19(28)11-22(3,4)5/h6-7,10,12,14,17,23-24H,8-9,11,13H2,1-5H3.